The molecule has 0 aromatic carbocycles. The fourth-order valence-electron chi connectivity index (χ4n) is 1.92. The zero-order valence-corrected chi connectivity index (χ0v) is 8.26. The zero-order chi connectivity index (χ0) is 9.10. The number of rotatable bonds is 1. The lowest BCUT2D eigenvalue weighted by Gasteiger charge is -2.06. The van der Waals surface area contributed by atoms with Gasteiger partial charge in [0.2, 0.25) is 0 Å². The molecule has 0 saturated heterocycles. The van der Waals surface area contributed by atoms with Crippen molar-refractivity contribution in [1.82, 2.24) is 10.1 Å². The van der Waals surface area contributed by atoms with E-state index in [1.165, 1.54) is 38.5 Å². The molecule has 1 aromatic rings. The third-order valence-corrected chi connectivity index (χ3v) is 2.79. The van der Waals surface area contributed by atoms with E-state index in [4.69, 9.17) is 16.1 Å². The van der Waals surface area contributed by atoms with Gasteiger partial charge in [-0.25, -0.2) is 0 Å². The summed E-state index contributed by atoms with van der Waals surface area (Å²) < 4.78 is 4.76. The first-order valence-electron chi connectivity index (χ1n) is 4.85. The summed E-state index contributed by atoms with van der Waals surface area (Å²) in [5, 5.41) is 4.03. The summed E-state index contributed by atoms with van der Waals surface area (Å²) in [5.41, 5.74) is 0. The van der Waals surface area contributed by atoms with E-state index >= 15 is 0 Å². The minimum Gasteiger partial charge on any atom is -0.321 e. The van der Waals surface area contributed by atoms with Gasteiger partial charge in [0.15, 0.2) is 5.82 Å². The Kier molecular flexibility index (Phi) is 2.83. The van der Waals surface area contributed by atoms with Crippen LogP contribution in [0.15, 0.2) is 4.52 Å². The normalized spacial score (nSPS) is 20.1. The topological polar surface area (TPSA) is 38.9 Å². The minimum absolute atomic E-state index is 0.166. The fraction of sp³-hybridized carbons (Fsp3) is 0.778. The predicted molar refractivity (Wildman–Crippen MR) is 49.8 cm³/mol. The van der Waals surface area contributed by atoms with Crippen LogP contribution in [0.3, 0.4) is 0 Å². The highest BCUT2D eigenvalue weighted by atomic mass is 35.5. The largest absolute Gasteiger partial charge is 0.321 e. The van der Waals surface area contributed by atoms with Crippen LogP contribution in [0.2, 0.25) is 5.35 Å². The molecule has 2 rings (SSSR count). The van der Waals surface area contributed by atoms with Gasteiger partial charge in [0.05, 0.1) is 0 Å². The molecule has 0 radical (unpaired) electrons. The third-order valence-electron chi connectivity index (χ3n) is 2.64. The van der Waals surface area contributed by atoms with Crippen molar-refractivity contribution in [3.8, 4) is 0 Å². The average Bonchev–Trinajstić information content (AvgIpc) is 2.43. The van der Waals surface area contributed by atoms with Crippen molar-refractivity contribution in [1.29, 1.82) is 0 Å². The van der Waals surface area contributed by atoms with Crippen LogP contribution in [0.1, 0.15) is 50.3 Å². The van der Waals surface area contributed by atoms with Crippen LogP contribution in [0.5, 0.6) is 0 Å². The van der Waals surface area contributed by atoms with Gasteiger partial charge in [-0.15, -0.1) is 0 Å². The van der Waals surface area contributed by atoms with Crippen LogP contribution in [-0.2, 0) is 0 Å². The molecule has 1 heterocycles. The Bertz CT molecular complexity index is 266. The van der Waals surface area contributed by atoms with Gasteiger partial charge in [-0.3, -0.25) is 0 Å². The molecule has 1 aliphatic carbocycles. The Labute approximate surface area is 82.5 Å². The van der Waals surface area contributed by atoms with Gasteiger partial charge >= 0.3 is 5.35 Å². The molecule has 0 unspecified atom stereocenters. The molecule has 1 aromatic heterocycles. The molecule has 72 valence electrons. The predicted octanol–water partition coefficient (Wildman–Crippen LogP) is 3.16. The van der Waals surface area contributed by atoms with Crippen LogP contribution in [-0.4, -0.2) is 10.1 Å². The second-order valence-corrected chi connectivity index (χ2v) is 3.92. The highest BCUT2D eigenvalue weighted by Gasteiger charge is 2.19. The number of hydrogen-bond donors (Lipinski definition) is 0. The average molecular weight is 201 g/mol. The van der Waals surface area contributed by atoms with Crippen molar-refractivity contribution in [2.45, 2.75) is 44.4 Å². The molecule has 3 nitrogen and oxygen atoms in total. The second kappa shape index (κ2) is 4.09. The Hall–Kier alpha value is -0.570. The summed E-state index contributed by atoms with van der Waals surface area (Å²) in [6.07, 6.45) is 7.57. The van der Waals surface area contributed by atoms with E-state index in [0.717, 1.165) is 5.82 Å². The van der Waals surface area contributed by atoms with Crippen molar-refractivity contribution >= 4 is 11.6 Å². The Morgan fingerprint density at radius 1 is 1.15 bits per heavy atom. The van der Waals surface area contributed by atoms with E-state index < -0.39 is 0 Å². The van der Waals surface area contributed by atoms with Gasteiger partial charge in [0.25, 0.3) is 0 Å². The van der Waals surface area contributed by atoms with Crippen LogP contribution in [0.25, 0.3) is 0 Å². The molecule has 0 bridgehead atoms. The lowest BCUT2D eigenvalue weighted by Crippen LogP contribution is -1.99. The van der Waals surface area contributed by atoms with E-state index in [-0.39, 0.29) is 5.35 Å². The lowest BCUT2D eigenvalue weighted by molar-refractivity contribution is 0.401. The van der Waals surface area contributed by atoms with Crippen LogP contribution in [0.4, 0.5) is 0 Å². The van der Waals surface area contributed by atoms with Crippen molar-refractivity contribution in [3.05, 3.63) is 11.2 Å². The van der Waals surface area contributed by atoms with Crippen molar-refractivity contribution in [2.75, 3.05) is 0 Å². The molecule has 13 heavy (non-hydrogen) atoms. The molecule has 1 aliphatic rings. The monoisotopic (exact) mass is 200 g/mol. The number of hydrogen-bond acceptors (Lipinski definition) is 3. The van der Waals surface area contributed by atoms with E-state index in [2.05, 4.69) is 10.1 Å². The molecule has 0 atom stereocenters. The summed E-state index contributed by atoms with van der Waals surface area (Å²) in [5.74, 6) is 1.27. The van der Waals surface area contributed by atoms with Crippen LogP contribution >= 0.6 is 11.6 Å². The quantitative estimate of drug-likeness (QED) is 0.654. The van der Waals surface area contributed by atoms with Crippen LogP contribution < -0.4 is 0 Å². The van der Waals surface area contributed by atoms with E-state index in [0.29, 0.717) is 5.92 Å². The Morgan fingerprint density at radius 3 is 2.38 bits per heavy atom. The summed E-state index contributed by atoms with van der Waals surface area (Å²) in [7, 11) is 0. The summed E-state index contributed by atoms with van der Waals surface area (Å²) in [4.78, 5) is 4.06. The van der Waals surface area contributed by atoms with Crippen molar-refractivity contribution in [2.24, 2.45) is 0 Å². The van der Waals surface area contributed by atoms with Gasteiger partial charge in [-0.05, 0) is 24.4 Å². The van der Waals surface area contributed by atoms with E-state index in [9.17, 15) is 0 Å². The molecule has 4 heteroatoms. The molecule has 0 N–H and O–H groups in total. The van der Waals surface area contributed by atoms with Crippen LogP contribution in [0, 0.1) is 0 Å². The summed E-state index contributed by atoms with van der Waals surface area (Å²) in [6.45, 7) is 0. The number of halogens is 1. The number of aromatic nitrogens is 2. The van der Waals surface area contributed by atoms with Gasteiger partial charge in [0.1, 0.15) is 0 Å². The maximum Gasteiger partial charge on any atom is 0.320 e. The SMILES string of the molecule is Clc1nc(C2CCCCCC2)no1. The zero-order valence-electron chi connectivity index (χ0n) is 7.50. The first-order chi connectivity index (χ1) is 6.36. The molecular weight excluding hydrogens is 188 g/mol. The van der Waals surface area contributed by atoms with Gasteiger partial charge in [-0.2, -0.15) is 4.98 Å². The lowest BCUT2D eigenvalue weighted by atomic mass is 10.00. The first kappa shape index (κ1) is 9.00. The fourth-order valence-corrected chi connectivity index (χ4v) is 2.04. The Balaban J connectivity index is 2.06. The minimum atomic E-state index is 0.166. The molecule has 0 amide bonds. The maximum absolute atomic E-state index is 5.58. The maximum atomic E-state index is 5.58. The van der Waals surface area contributed by atoms with Gasteiger partial charge in [0, 0.05) is 5.92 Å². The second-order valence-electron chi connectivity index (χ2n) is 3.59. The van der Waals surface area contributed by atoms with E-state index in [1.54, 1.807) is 0 Å². The van der Waals surface area contributed by atoms with Crippen molar-refractivity contribution in [3.63, 3.8) is 0 Å². The highest BCUT2D eigenvalue weighted by Crippen LogP contribution is 2.30. The summed E-state index contributed by atoms with van der Waals surface area (Å²) >= 11 is 5.58. The van der Waals surface area contributed by atoms with E-state index in [1.807, 2.05) is 0 Å². The summed E-state index contributed by atoms with van der Waals surface area (Å²) in [6, 6.07) is 0. The molecule has 1 saturated carbocycles. The molecular formula is C9H13ClN2O. The first-order valence-corrected chi connectivity index (χ1v) is 5.23. The molecule has 0 spiro atoms. The van der Waals surface area contributed by atoms with Gasteiger partial charge < -0.3 is 4.52 Å². The molecule has 1 fully saturated rings. The third kappa shape index (κ3) is 2.21. The van der Waals surface area contributed by atoms with Gasteiger partial charge in [-0.1, -0.05) is 30.8 Å². The number of nitrogens with zero attached hydrogens (tertiary/aromatic N) is 2. The smallest absolute Gasteiger partial charge is 0.320 e. The van der Waals surface area contributed by atoms with Crippen molar-refractivity contribution < 1.29 is 4.52 Å². The Morgan fingerprint density at radius 2 is 1.85 bits per heavy atom. The molecule has 0 aliphatic heterocycles. The standard InChI is InChI=1S/C9H13ClN2O/c10-9-11-8(12-13-9)7-5-3-1-2-4-6-7/h7H,1-6H2. The highest BCUT2D eigenvalue weighted by molar-refractivity contribution is 6.27.